The van der Waals surface area contributed by atoms with Gasteiger partial charge in [0.15, 0.2) is 0 Å². The summed E-state index contributed by atoms with van der Waals surface area (Å²) in [7, 11) is 0. The van der Waals surface area contributed by atoms with Gasteiger partial charge >= 0.3 is 5.97 Å². The Morgan fingerprint density at radius 3 is 2.64 bits per heavy atom. The first-order valence-corrected chi connectivity index (χ1v) is 5.15. The van der Waals surface area contributed by atoms with Gasteiger partial charge in [-0.15, -0.1) is 0 Å². The fourth-order valence-corrected chi connectivity index (χ4v) is 1.86. The molecule has 14 heavy (non-hydrogen) atoms. The van der Waals surface area contributed by atoms with Crippen LogP contribution in [0.5, 0.6) is 0 Å². The lowest BCUT2D eigenvalue weighted by molar-refractivity contribution is -0.141. The molecule has 0 bridgehead atoms. The summed E-state index contributed by atoms with van der Waals surface area (Å²) in [5, 5.41) is 11.6. The minimum atomic E-state index is -0.739. The highest BCUT2D eigenvalue weighted by atomic mass is 16.4. The van der Waals surface area contributed by atoms with Crippen LogP contribution in [0.25, 0.3) is 0 Å². The van der Waals surface area contributed by atoms with Gasteiger partial charge < -0.3 is 10.4 Å². The van der Waals surface area contributed by atoms with E-state index in [9.17, 15) is 9.59 Å². The molecule has 0 saturated heterocycles. The van der Waals surface area contributed by atoms with Crippen molar-refractivity contribution in [2.45, 2.75) is 45.1 Å². The van der Waals surface area contributed by atoms with E-state index in [2.05, 4.69) is 5.32 Å². The number of hydrogen-bond acceptors (Lipinski definition) is 2. The van der Waals surface area contributed by atoms with Crippen LogP contribution in [0.3, 0.4) is 0 Å². The molecule has 0 spiro atoms. The molecule has 0 aromatic carbocycles. The summed E-state index contributed by atoms with van der Waals surface area (Å²) in [6.45, 7) is 1.95. The van der Waals surface area contributed by atoms with Crippen molar-refractivity contribution in [2.75, 3.05) is 0 Å². The van der Waals surface area contributed by atoms with E-state index >= 15 is 0 Å². The van der Waals surface area contributed by atoms with Gasteiger partial charge in [-0.25, -0.2) is 0 Å². The average Bonchev–Trinajstić information content (AvgIpc) is 2.53. The number of carbonyl (C=O) groups excluding carboxylic acids is 1. The van der Waals surface area contributed by atoms with Crippen LogP contribution in [0.1, 0.15) is 39.0 Å². The van der Waals surface area contributed by atoms with E-state index in [0.29, 0.717) is 19.3 Å². The van der Waals surface area contributed by atoms with Crippen LogP contribution >= 0.6 is 0 Å². The van der Waals surface area contributed by atoms with Gasteiger partial charge in [0.1, 0.15) is 0 Å². The van der Waals surface area contributed by atoms with Crippen LogP contribution in [0.15, 0.2) is 0 Å². The molecule has 1 rings (SSSR count). The van der Waals surface area contributed by atoms with Crippen LogP contribution < -0.4 is 5.32 Å². The molecule has 1 aliphatic carbocycles. The summed E-state index contributed by atoms with van der Waals surface area (Å²) in [5.74, 6) is -0.956. The Bertz CT molecular complexity index is 227. The average molecular weight is 199 g/mol. The van der Waals surface area contributed by atoms with Crippen LogP contribution in [-0.2, 0) is 9.59 Å². The third-order valence-electron chi connectivity index (χ3n) is 2.62. The fraction of sp³-hybridized carbons (Fsp3) is 0.800. The van der Waals surface area contributed by atoms with Gasteiger partial charge in [-0.05, 0) is 25.7 Å². The zero-order valence-corrected chi connectivity index (χ0v) is 8.45. The lowest BCUT2D eigenvalue weighted by atomic mass is 10.1. The minimum Gasteiger partial charge on any atom is -0.481 e. The Kier molecular flexibility index (Phi) is 3.92. The molecule has 4 heteroatoms. The molecule has 0 heterocycles. The number of nitrogens with one attached hydrogen (secondary N) is 1. The number of carbonyl (C=O) groups is 2. The summed E-state index contributed by atoms with van der Waals surface area (Å²) in [6, 6.07) is 0.0788. The molecule has 2 N–H and O–H groups in total. The Labute approximate surface area is 83.7 Å². The molecule has 1 fully saturated rings. The van der Waals surface area contributed by atoms with E-state index < -0.39 is 5.97 Å². The van der Waals surface area contributed by atoms with E-state index in [-0.39, 0.29) is 17.9 Å². The first-order valence-electron chi connectivity index (χ1n) is 5.15. The Balaban J connectivity index is 2.28. The molecule has 0 aliphatic heterocycles. The van der Waals surface area contributed by atoms with Gasteiger partial charge in [-0.1, -0.05) is 6.92 Å². The van der Waals surface area contributed by atoms with Gasteiger partial charge in [-0.3, -0.25) is 9.59 Å². The number of amides is 1. The van der Waals surface area contributed by atoms with Gasteiger partial charge in [-0.2, -0.15) is 0 Å². The lowest BCUT2D eigenvalue weighted by Crippen LogP contribution is -2.33. The van der Waals surface area contributed by atoms with E-state index in [0.717, 1.165) is 12.8 Å². The van der Waals surface area contributed by atoms with Crippen LogP contribution in [-0.4, -0.2) is 23.0 Å². The Morgan fingerprint density at radius 2 is 2.14 bits per heavy atom. The van der Waals surface area contributed by atoms with E-state index in [4.69, 9.17) is 5.11 Å². The Morgan fingerprint density at radius 1 is 1.43 bits per heavy atom. The second-order valence-corrected chi connectivity index (χ2v) is 3.86. The zero-order valence-electron chi connectivity index (χ0n) is 8.45. The van der Waals surface area contributed by atoms with Crippen molar-refractivity contribution in [3.63, 3.8) is 0 Å². The van der Waals surface area contributed by atoms with E-state index in [1.54, 1.807) is 0 Å². The smallest absolute Gasteiger partial charge is 0.306 e. The number of aliphatic carboxylic acids is 1. The first kappa shape index (κ1) is 11.0. The molecule has 1 saturated carbocycles. The molecule has 1 aliphatic rings. The lowest BCUT2D eigenvalue weighted by Gasteiger charge is -2.11. The normalized spacial score (nSPS) is 26.1. The maximum absolute atomic E-state index is 11.2. The molecule has 4 nitrogen and oxygen atoms in total. The third-order valence-corrected chi connectivity index (χ3v) is 2.62. The first-order chi connectivity index (χ1) is 6.63. The van der Waals surface area contributed by atoms with E-state index in [1.807, 2.05) is 6.92 Å². The molecule has 0 aromatic rings. The van der Waals surface area contributed by atoms with Crippen molar-refractivity contribution < 1.29 is 14.7 Å². The summed E-state index contributed by atoms with van der Waals surface area (Å²) < 4.78 is 0. The highest BCUT2D eigenvalue weighted by molar-refractivity contribution is 5.76. The summed E-state index contributed by atoms with van der Waals surface area (Å²) in [6.07, 6.45) is 3.44. The number of carboxylic acids is 1. The van der Waals surface area contributed by atoms with Crippen LogP contribution in [0.2, 0.25) is 0 Å². The van der Waals surface area contributed by atoms with Gasteiger partial charge in [0.05, 0.1) is 5.92 Å². The van der Waals surface area contributed by atoms with Crippen molar-refractivity contribution in [3.8, 4) is 0 Å². The van der Waals surface area contributed by atoms with Gasteiger partial charge in [0.2, 0.25) is 5.91 Å². The monoisotopic (exact) mass is 199 g/mol. The summed E-state index contributed by atoms with van der Waals surface area (Å²) in [4.78, 5) is 21.9. The molecule has 80 valence electrons. The highest BCUT2D eigenvalue weighted by Gasteiger charge is 2.30. The zero-order chi connectivity index (χ0) is 10.6. The molecule has 0 radical (unpaired) electrons. The number of hydrogen-bond donors (Lipinski definition) is 2. The van der Waals surface area contributed by atoms with Crippen molar-refractivity contribution in [1.82, 2.24) is 5.32 Å². The second-order valence-electron chi connectivity index (χ2n) is 3.86. The minimum absolute atomic E-state index is 0.0449. The largest absolute Gasteiger partial charge is 0.481 e. The quantitative estimate of drug-likeness (QED) is 0.714. The number of rotatable bonds is 4. The van der Waals surface area contributed by atoms with Crippen molar-refractivity contribution in [2.24, 2.45) is 5.92 Å². The summed E-state index contributed by atoms with van der Waals surface area (Å²) in [5.41, 5.74) is 0. The highest BCUT2D eigenvalue weighted by Crippen LogP contribution is 2.25. The van der Waals surface area contributed by atoms with Crippen molar-refractivity contribution in [1.29, 1.82) is 0 Å². The molecular formula is C10H17NO3. The molecule has 0 aromatic heterocycles. The molecule has 0 unspecified atom stereocenters. The standard InChI is InChI=1S/C10H17NO3/c1-2-3-9(12)11-8-5-4-7(6-8)10(13)14/h7-8H,2-6H2,1H3,(H,11,12)(H,13,14)/t7-,8+/m1/s1. The predicted octanol–water partition coefficient (Wildman–Crippen LogP) is 1.16. The van der Waals surface area contributed by atoms with Crippen molar-refractivity contribution >= 4 is 11.9 Å². The van der Waals surface area contributed by atoms with Crippen molar-refractivity contribution in [3.05, 3.63) is 0 Å². The number of carboxylic acid groups (broad SMARTS) is 1. The predicted molar refractivity (Wildman–Crippen MR) is 51.8 cm³/mol. The summed E-state index contributed by atoms with van der Waals surface area (Å²) >= 11 is 0. The van der Waals surface area contributed by atoms with Crippen LogP contribution in [0.4, 0.5) is 0 Å². The third kappa shape index (κ3) is 3.01. The molecular weight excluding hydrogens is 182 g/mol. The van der Waals surface area contributed by atoms with E-state index in [1.165, 1.54) is 0 Å². The van der Waals surface area contributed by atoms with Gasteiger partial charge in [0.25, 0.3) is 0 Å². The molecule has 1 amide bonds. The molecule has 2 atom stereocenters. The maximum Gasteiger partial charge on any atom is 0.306 e. The van der Waals surface area contributed by atoms with Crippen LogP contribution in [0, 0.1) is 5.92 Å². The Hall–Kier alpha value is -1.06. The topological polar surface area (TPSA) is 66.4 Å². The second kappa shape index (κ2) is 4.98. The fourth-order valence-electron chi connectivity index (χ4n) is 1.86. The van der Waals surface area contributed by atoms with Gasteiger partial charge in [0, 0.05) is 12.5 Å². The SMILES string of the molecule is CCCC(=O)N[C@H]1CC[C@@H](C(=O)O)C1. The maximum atomic E-state index is 11.2.